The van der Waals surface area contributed by atoms with Gasteiger partial charge in [-0.05, 0) is 81.5 Å². The fraction of sp³-hybridized carbons (Fsp3) is 0.833. The Balaban J connectivity index is 1.66. The third-order valence-corrected chi connectivity index (χ3v) is 6.56. The van der Waals surface area contributed by atoms with E-state index in [-0.39, 0.29) is 6.42 Å². The number of aliphatic hydroxyl groups excluding tert-OH is 1. The van der Waals surface area contributed by atoms with Gasteiger partial charge in [0.25, 0.3) is 0 Å². The molecule has 2 rings (SSSR count). The summed E-state index contributed by atoms with van der Waals surface area (Å²) in [5.41, 5.74) is 0. The summed E-state index contributed by atoms with van der Waals surface area (Å²) in [5, 5.41) is 27.6. The second-order valence-corrected chi connectivity index (χ2v) is 9.00. The molecule has 0 aromatic carbocycles. The van der Waals surface area contributed by atoms with Gasteiger partial charge in [-0.3, -0.25) is 0 Å². The Bertz CT molecular complexity index is 451. The quantitative estimate of drug-likeness (QED) is 0.217. The Morgan fingerprint density at radius 3 is 2.56 bits per heavy atom. The number of unbranched alkanes of at least 4 members (excludes halogenated alkanes) is 2. The van der Waals surface area contributed by atoms with E-state index < -0.39 is 12.4 Å². The van der Waals surface area contributed by atoms with Crippen LogP contribution in [-0.4, -0.2) is 27.7 Å². The fourth-order valence-electron chi connectivity index (χ4n) is 4.59. The van der Waals surface area contributed by atoms with Crippen LogP contribution in [0.5, 0.6) is 0 Å². The zero-order valence-corrected chi connectivity index (χ0v) is 17.4. The van der Waals surface area contributed by atoms with E-state index in [1.54, 1.807) is 0 Å². The lowest BCUT2D eigenvalue weighted by Gasteiger charge is -2.17. The highest BCUT2D eigenvalue weighted by molar-refractivity contribution is 4.99. The number of aliphatic hydroxyl groups is 3. The van der Waals surface area contributed by atoms with Crippen molar-refractivity contribution in [2.24, 2.45) is 23.7 Å². The van der Waals surface area contributed by atoms with E-state index in [0.717, 1.165) is 36.5 Å². The summed E-state index contributed by atoms with van der Waals surface area (Å²) in [6.45, 7) is 1.71. The Hall–Kier alpha value is -0.640. The molecule has 0 aromatic heterocycles. The van der Waals surface area contributed by atoms with Gasteiger partial charge in [-0.25, -0.2) is 0 Å². The van der Waals surface area contributed by atoms with Gasteiger partial charge in [-0.15, -0.1) is 0 Å². The van der Waals surface area contributed by atoms with Gasteiger partial charge in [0.15, 0.2) is 5.79 Å². The lowest BCUT2D eigenvalue weighted by molar-refractivity contribution is -0.191. The highest BCUT2D eigenvalue weighted by atomic mass is 16.5. The topological polar surface area (TPSA) is 60.7 Å². The van der Waals surface area contributed by atoms with Crippen molar-refractivity contribution in [3.63, 3.8) is 0 Å². The fourth-order valence-corrected chi connectivity index (χ4v) is 4.59. The van der Waals surface area contributed by atoms with Crippen LogP contribution in [0.3, 0.4) is 0 Å². The molecule has 3 atom stereocenters. The van der Waals surface area contributed by atoms with E-state index in [4.69, 9.17) is 5.11 Å². The molecule has 0 aromatic rings. The van der Waals surface area contributed by atoms with E-state index in [9.17, 15) is 10.2 Å². The van der Waals surface area contributed by atoms with Crippen molar-refractivity contribution in [1.82, 2.24) is 0 Å². The number of allylic oxidation sites excluding steroid dienone is 4. The molecule has 2 fully saturated rings. The van der Waals surface area contributed by atoms with Crippen LogP contribution in [-0.2, 0) is 0 Å². The highest BCUT2D eigenvalue weighted by Gasteiger charge is 2.30. The number of rotatable bonds is 14. The summed E-state index contributed by atoms with van der Waals surface area (Å²) in [5.74, 6) is 1.57. The monoisotopic (exact) mass is 378 g/mol. The molecule has 0 bridgehead atoms. The minimum Gasteiger partial charge on any atom is -0.391 e. The van der Waals surface area contributed by atoms with Crippen molar-refractivity contribution in [3.05, 3.63) is 24.3 Å². The maximum absolute atomic E-state index is 9.37. The van der Waals surface area contributed by atoms with Crippen LogP contribution in [0.15, 0.2) is 24.3 Å². The first-order valence-corrected chi connectivity index (χ1v) is 11.4. The average molecular weight is 379 g/mol. The van der Waals surface area contributed by atoms with Gasteiger partial charge in [-0.1, -0.05) is 50.5 Å². The second-order valence-electron chi connectivity index (χ2n) is 9.00. The maximum Gasteiger partial charge on any atom is 0.186 e. The van der Waals surface area contributed by atoms with E-state index >= 15 is 0 Å². The Kier molecular flexibility index (Phi) is 10.1. The molecule has 0 aliphatic heterocycles. The summed E-state index contributed by atoms with van der Waals surface area (Å²) in [4.78, 5) is 0. The minimum atomic E-state index is -1.91. The first-order valence-electron chi connectivity index (χ1n) is 11.4. The van der Waals surface area contributed by atoms with Gasteiger partial charge < -0.3 is 15.3 Å². The summed E-state index contributed by atoms with van der Waals surface area (Å²) < 4.78 is 0. The second kappa shape index (κ2) is 12.0. The molecule has 3 heteroatoms. The molecule has 2 aliphatic rings. The van der Waals surface area contributed by atoms with Crippen molar-refractivity contribution >= 4 is 0 Å². The van der Waals surface area contributed by atoms with Crippen LogP contribution >= 0.6 is 0 Å². The van der Waals surface area contributed by atoms with Crippen LogP contribution in [0.2, 0.25) is 0 Å². The molecule has 3 nitrogen and oxygen atoms in total. The highest BCUT2D eigenvalue weighted by Crippen LogP contribution is 2.42. The average Bonchev–Trinajstić information content (AvgIpc) is 3.41. The lowest BCUT2D eigenvalue weighted by atomic mass is 9.89. The summed E-state index contributed by atoms with van der Waals surface area (Å²) >= 11 is 0. The molecule has 0 radical (unpaired) electrons. The predicted octanol–water partition coefficient (Wildman–Crippen LogP) is 5.36. The predicted molar refractivity (Wildman–Crippen MR) is 112 cm³/mol. The van der Waals surface area contributed by atoms with E-state index in [1.807, 2.05) is 0 Å². The molecule has 0 unspecified atom stereocenters. The molecule has 0 amide bonds. The Morgan fingerprint density at radius 2 is 1.85 bits per heavy atom. The minimum absolute atomic E-state index is 0.225. The summed E-state index contributed by atoms with van der Waals surface area (Å²) in [7, 11) is 0. The SMILES string of the molecule is CCCC[C@@H](C/C=C/[C@H]1CCC[C@@H]1C/C=C\CCCC(O)(O)CO)C1CC1. The normalized spacial score (nSPS) is 25.0. The molecule has 156 valence electrons. The maximum atomic E-state index is 9.37. The third-order valence-electron chi connectivity index (χ3n) is 6.56. The standard InChI is InChI=1S/C24H42O3/c1-2-3-10-20(23-16-17-23)12-8-14-22-15-9-13-21(22)11-6-4-5-7-18-24(26,27)19-25/h4,6,8,14,20-23,25-27H,2-3,5,7,9-13,15-19H2,1H3/b6-4-,14-8+/t20-,21-,22-/m0/s1. The molecule has 0 heterocycles. The van der Waals surface area contributed by atoms with Crippen LogP contribution < -0.4 is 0 Å². The van der Waals surface area contributed by atoms with Crippen molar-refractivity contribution in [1.29, 1.82) is 0 Å². The zero-order chi connectivity index (χ0) is 19.5. The summed E-state index contributed by atoms with van der Waals surface area (Å²) in [6, 6.07) is 0. The van der Waals surface area contributed by atoms with Gasteiger partial charge in [0.1, 0.15) is 0 Å². The smallest absolute Gasteiger partial charge is 0.186 e. The lowest BCUT2D eigenvalue weighted by Crippen LogP contribution is -2.32. The zero-order valence-electron chi connectivity index (χ0n) is 17.4. The van der Waals surface area contributed by atoms with Crippen molar-refractivity contribution in [2.45, 2.75) is 96.2 Å². The van der Waals surface area contributed by atoms with Gasteiger partial charge in [0.2, 0.25) is 0 Å². The van der Waals surface area contributed by atoms with E-state index in [1.165, 1.54) is 57.8 Å². The van der Waals surface area contributed by atoms with Crippen LogP contribution in [0.25, 0.3) is 0 Å². The van der Waals surface area contributed by atoms with E-state index in [2.05, 4.69) is 31.2 Å². The molecule has 2 aliphatic carbocycles. The van der Waals surface area contributed by atoms with Crippen LogP contribution in [0.1, 0.15) is 90.4 Å². The van der Waals surface area contributed by atoms with E-state index in [0.29, 0.717) is 6.42 Å². The van der Waals surface area contributed by atoms with Gasteiger partial charge in [0.05, 0.1) is 6.61 Å². The van der Waals surface area contributed by atoms with Gasteiger partial charge >= 0.3 is 0 Å². The first-order chi connectivity index (χ1) is 13.1. The molecule has 0 spiro atoms. The molecule has 3 N–H and O–H groups in total. The molecule has 27 heavy (non-hydrogen) atoms. The molecule has 2 saturated carbocycles. The van der Waals surface area contributed by atoms with Crippen LogP contribution in [0, 0.1) is 23.7 Å². The molecular weight excluding hydrogens is 336 g/mol. The van der Waals surface area contributed by atoms with Crippen LogP contribution in [0.4, 0.5) is 0 Å². The van der Waals surface area contributed by atoms with Gasteiger partial charge in [0, 0.05) is 6.42 Å². The first kappa shape index (κ1) is 22.6. The largest absolute Gasteiger partial charge is 0.391 e. The summed E-state index contributed by atoms with van der Waals surface area (Å²) in [6.07, 6.45) is 24.7. The number of hydrogen-bond acceptors (Lipinski definition) is 3. The van der Waals surface area contributed by atoms with Crippen molar-refractivity contribution < 1.29 is 15.3 Å². The Morgan fingerprint density at radius 1 is 1.04 bits per heavy atom. The van der Waals surface area contributed by atoms with Gasteiger partial charge in [-0.2, -0.15) is 0 Å². The van der Waals surface area contributed by atoms with Crippen molar-refractivity contribution in [2.75, 3.05) is 6.61 Å². The third kappa shape index (κ3) is 8.93. The molecule has 0 saturated heterocycles. The van der Waals surface area contributed by atoms with Crippen molar-refractivity contribution in [3.8, 4) is 0 Å². The number of hydrogen-bond donors (Lipinski definition) is 3. The Labute approximate surface area is 166 Å². The molecular formula is C24H42O3.